The Morgan fingerprint density at radius 2 is 0.608 bits per heavy atom. The predicted octanol–water partition coefficient (Wildman–Crippen LogP) is -1.09. The number of fused-ring (bicyclic) bond motifs is 16. The van der Waals surface area contributed by atoms with Gasteiger partial charge < -0.3 is 20.8 Å². The number of hydrogen-bond acceptors (Lipinski definition) is 16. The topological polar surface area (TPSA) is 327 Å². The molecular formula is C53H64FFmN12O12. The van der Waals surface area contributed by atoms with Crippen molar-refractivity contribution in [3.8, 4) is 23.0 Å². The Kier molecular flexibility index (Phi) is 19.7. The van der Waals surface area contributed by atoms with Gasteiger partial charge in [-0.2, -0.15) is 0 Å². The fourth-order valence-corrected chi connectivity index (χ4v) is 10.1. The summed E-state index contributed by atoms with van der Waals surface area (Å²) < 4.78 is 16.8. The van der Waals surface area contributed by atoms with E-state index in [-0.39, 0.29) is 162 Å². The summed E-state index contributed by atoms with van der Waals surface area (Å²) in [7, 11) is 0. The van der Waals surface area contributed by atoms with Crippen LogP contribution in [0.5, 0.6) is 23.0 Å². The van der Waals surface area contributed by atoms with E-state index in [0.29, 0.717) is 0 Å². The number of benzene rings is 4. The van der Waals surface area contributed by atoms with Gasteiger partial charge in [0.1, 0.15) is 0 Å². The average Bonchev–Trinajstić information content (AvgIpc) is 3.44. The molecule has 0 aliphatic carbocycles. The Hall–Kier alpha value is -9.39. The van der Waals surface area contributed by atoms with Crippen molar-refractivity contribution in [1.82, 2.24) is 62.1 Å². The number of hydrogen-bond donors (Lipinski definition) is 12. The first kappa shape index (κ1) is 57.3. The zero-order valence-electron chi connectivity index (χ0n) is 43.0. The standard InChI is InChI=1S/C53H64FN12O12.Fm/c54-31-33-32-66-26-19-61-51(76)39-10-3-9-38(44(39)69)48(73)57-15-22-64(23-16-60-52(77)40-11-4-12-41(45(40)70)53(78)62-33)28-27-63-20-13-55-46(71)34-5-1-7-36(42(34)67)49(74)58-17-24-65(29-30-66)25-18-59-50(75)37-8-2-6-35(43(37)68)47(72)56-14-21-63;/h1-12,17,33,67-70H,13-16,18-32H2,(H,55,71)(H,56,72)(H,57,73)(H,58,74)(H,59,75)(H,60,77)(H,61,76)(H,62,78);. The number of nitrogens with one attached hydrogen (secondary N) is 8. The Labute approximate surface area is 448 Å². The minimum atomic E-state index is -1.23. The second-order valence-electron chi connectivity index (χ2n) is 18.8. The Morgan fingerprint density at radius 3 is 0.899 bits per heavy atom. The molecule has 4 aromatic carbocycles. The maximum absolute atomic E-state index is 15.1. The molecule has 0 radical (unpaired) electrons. The van der Waals surface area contributed by atoms with Gasteiger partial charge in [-0.3, -0.25) is 14.5 Å². The van der Waals surface area contributed by atoms with Gasteiger partial charge in [-0.15, -0.1) is 0 Å². The number of phenols is 4. The van der Waals surface area contributed by atoms with Crippen LogP contribution in [0.3, 0.4) is 0 Å². The minimum absolute atomic E-state index is 0.0000160. The van der Waals surface area contributed by atoms with Gasteiger partial charge in [0, 0.05) is 39.3 Å². The van der Waals surface area contributed by atoms with Gasteiger partial charge in [0.05, 0.1) is 11.1 Å². The first-order chi connectivity index (χ1) is 38.0. The molecular weight excluding hydrogens is 1270 g/mol. The van der Waals surface area contributed by atoms with E-state index < -0.39 is 89.5 Å². The van der Waals surface area contributed by atoms with Gasteiger partial charge in [0.15, 0.2) is 0 Å². The third-order valence-corrected chi connectivity index (χ3v) is 14.3. The van der Waals surface area contributed by atoms with Crippen molar-refractivity contribution < 1.29 is 63.2 Å². The van der Waals surface area contributed by atoms with E-state index in [1.807, 2.05) is 14.7 Å². The number of rotatable bonds is 1. The number of carbonyl (C=O) groups is 8. The summed E-state index contributed by atoms with van der Waals surface area (Å²) in [6, 6.07) is 15.3. The Balaban J connectivity index is 1.32. The third-order valence-electron chi connectivity index (χ3n) is 13.5. The van der Waals surface area contributed by atoms with Crippen LogP contribution in [0, 0.1) is 0 Å². The molecule has 4 aliphatic rings. The number of nitrogens with zero attached hydrogens (tertiary/aromatic N) is 4. The molecule has 0 fully saturated rings. The van der Waals surface area contributed by atoms with Crippen molar-refractivity contribution in [3.63, 3.8) is 0 Å². The van der Waals surface area contributed by atoms with E-state index in [0.717, 1.165) is 0 Å². The van der Waals surface area contributed by atoms with Crippen LogP contribution in [0.4, 0.5) is 4.39 Å². The van der Waals surface area contributed by atoms with Crippen molar-refractivity contribution in [2.45, 2.75) is 12.6 Å². The van der Waals surface area contributed by atoms with Crippen molar-refractivity contribution in [2.24, 2.45) is 0 Å². The van der Waals surface area contributed by atoms with Gasteiger partial charge in [0.2, 0.25) is 0 Å². The van der Waals surface area contributed by atoms with Crippen LogP contribution in [-0.2, 0) is 0 Å². The van der Waals surface area contributed by atoms with E-state index in [1.54, 1.807) is 4.90 Å². The van der Waals surface area contributed by atoms with Crippen molar-refractivity contribution in [2.75, 3.05) is 124 Å². The summed E-state index contributed by atoms with van der Waals surface area (Å²) in [5.41, 5.74) is -1.57. The van der Waals surface area contributed by atoms with Crippen LogP contribution in [0.25, 0.3) is 0 Å². The van der Waals surface area contributed by atoms with Gasteiger partial charge in [-0.1, -0.05) is 12.1 Å². The van der Waals surface area contributed by atoms with Crippen LogP contribution in [0.15, 0.2) is 72.8 Å². The smallest absolute Gasteiger partial charge is 0.0111 e. The summed E-state index contributed by atoms with van der Waals surface area (Å²) in [6.45, 7) is -0.589. The Bertz CT molecular complexity index is 2920. The molecule has 0 aromatic heterocycles. The number of para-hydroxylation sites is 4. The second kappa shape index (κ2) is 27.1. The number of amides is 8. The van der Waals surface area contributed by atoms with Crippen LogP contribution in [0.2, 0.25) is 0 Å². The molecule has 4 heterocycles. The number of alkyl halides is 1. The van der Waals surface area contributed by atoms with E-state index in [4.69, 9.17) is 0 Å². The number of aromatic hydroxyl groups is 4. The summed E-state index contributed by atoms with van der Waals surface area (Å²) in [5.74, 6) is -8.06. The van der Waals surface area contributed by atoms with Gasteiger partial charge in [-0.05, 0) is 12.1 Å². The molecule has 4 aromatic rings. The molecule has 0 saturated heterocycles. The minimum Gasteiger partial charge on any atom is 0.0111 e. The molecule has 427 valence electrons. The third kappa shape index (κ3) is 15.0. The molecule has 12 bridgehead atoms. The van der Waals surface area contributed by atoms with Gasteiger partial charge >= 0.3 is 328 Å². The van der Waals surface area contributed by atoms with Gasteiger partial charge in [0.25, 0.3) is 11.8 Å². The molecule has 24 nitrogen and oxygen atoms in total. The van der Waals surface area contributed by atoms with Crippen LogP contribution >= 0.6 is 0 Å². The normalized spacial score (nSPS) is 23.4. The zero-order valence-corrected chi connectivity index (χ0v) is 45.4. The molecule has 6 unspecified atom stereocenters. The first-order valence-corrected chi connectivity index (χ1v) is 27.0. The molecule has 26 heteroatoms. The number of carbonyl (C=O) groups excluding carboxylic acids is 8. The summed E-state index contributed by atoms with van der Waals surface area (Å²) >= 11 is 0. The van der Waals surface area contributed by atoms with Gasteiger partial charge in [-0.25, -0.2) is 0 Å². The van der Waals surface area contributed by atoms with Crippen molar-refractivity contribution >= 4 is 47.3 Å². The molecule has 8 amide bonds. The maximum atomic E-state index is 15.1. The van der Waals surface area contributed by atoms with E-state index in [9.17, 15) is 58.8 Å². The second-order valence-corrected chi connectivity index (χ2v) is 20.5. The molecule has 0 saturated carbocycles. The fourth-order valence-electron chi connectivity index (χ4n) is 9.17. The van der Waals surface area contributed by atoms with E-state index >= 15 is 4.39 Å². The van der Waals surface area contributed by atoms with E-state index in [2.05, 4.69) is 42.5 Å². The average molecular weight is 1340 g/mol. The predicted molar refractivity (Wildman–Crippen MR) is 281 cm³/mol. The van der Waals surface area contributed by atoms with Crippen molar-refractivity contribution in [3.05, 3.63) is 117 Å². The molecule has 6 atom stereocenters. The number of halogens is 1. The first-order valence-electron chi connectivity index (χ1n) is 25.7. The Morgan fingerprint density at radius 1 is 0.367 bits per heavy atom. The van der Waals surface area contributed by atoms with Crippen LogP contribution < -0.4 is 42.5 Å². The zero-order chi connectivity index (χ0) is 56.6. The monoisotopic (exact) mass is 1340 g/mol. The molecule has 79 heavy (non-hydrogen) atoms. The van der Waals surface area contributed by atoms with Crippen LogP contribution in [0.1, 0.15) is 82.9 Å². The molecule has 0 spiro atoms. The SMILES string of the molecule is O=C1NCCN2CCNC(=O)c3cccc(c3O)C(=O)N[CH]([Fm])CN(CCNC(=O)c3cccc1c3O)CCN1CCNC(=O)c3cccc(c3O)C(=O)NCCN(CCNC(=O)c3cccc(c3O)C(=O)NC(CF)C1)CC2. The molecule has 4 aliphatic heterocycles. The molecule has 12 N–H and O–H groups in total. The molecule has 8 rings (SSSR count). The quantitative estimate of drug-likeness (QED) is 0.108. The fraction of sp³-hybridized carbons (Fsp3) is 0.396. The van der Waals surface area contributed by atoms with Crippen molar-refractivity contribution in [1.29, 1.82) is 0 Å². The summed E-state index contributed by atoms with van der Waals surface area (Å²) in [6.07, 6.45) is 0. The summed E-state index contributed by atoms with van der Waals surface area (Å²) in [4.78, 5) is 117. The van der Waals surface area contributed by atoms with E-state index in [1.165, 1.54) is 72.8 Å². The van der Waals surface area contributed by atoms with Crippen LogP contribution in [-0.4, -0.2) is 224 Å². The summed E-state index contributed by atoms with van der Waals surface area (Å²) in [5, 5.41) is 67.5. The number of phenolic OH excluding ortho intramolecular Hbond substituents is 4.